The van der Waals surface area contributed by atoms with Crippen LogP contribution in [0.25, 0.3) is 0 Å². The van der Waals surface area contributed by atoms with E-state index in [4.69, 9.17) is 16.0 Å². The first-order chi connectivity index (χ1) is 13.0. The Hall–Kier alpha value is -1.90. The van der Waals surface area contributed by atoms with Crippen molar-refractivity contribution in [2.24, 2.45) is 0 Å². The van der Waals surface area contributed by atoms with Gasteiger partial charge in [-0.2, -0.15) is 4.31 Å². The molecular weight excluding hydrogens is 390 g/mol. The number of nitrogens with zero attached hydrogens (tertiary/aromatic N) is 3. The zero-order valence-corrected chi connectivity index (χ0v) is 16.5. The first-order valence-corrected chi connectivity index (χ1v) is 10.7. The summed E-state index contributed by atoms with van der Waals surface area (Å²) >= 11 is 5.76. The lowest BCUT2D eigenvalue weighted by Gasteiger charge is -2.25. The molecule has 3 heterocycles. The highest BCUT2D eigenvalue weighted by Gasteiger charge is 2.30. The van der Waals surface area contributed by atoms with Crippen LogP contribution in [0.1, 0.15) is 31.4 Å². The summed E-state index contributed by atoms with van der Waals surface area (Å²) < 4.78 is 32.6. The molecule has 9 heteroatoms. The molecule has 1 aliphatic heterocycles. The van der Waals surface area contributed by atoms with Crippen molar-refractivity contribution in [3.8, 4) is 0 Å². The number of sulfonamides is 1. The molecule has 27 heavy (non-hydrogen) atoms. The number of furan rings is 1. The maximum absolute atomic E-state index is 13.1. The number of halogens is 1. The van der Waals surface area contributed by atoms with Crippen LogP contribution in [0.2, 0.25) is 5.15 Å². The van der Waals surface area contributed by atoms with Gasteiger partial charge in [0.15, 0.2) is 0 Å². The Kier molecular flexibility index (Phi) is 6.51. The molecule has 3 rings (SSSR count). The van der Waals surface area contributed by atoms with Gasteiger partial charge in [-0.3, -0.25) is 4.79 Å². The summed E-state index contributed by atoms with van der Waals surface area (Å²) in [5.41, 5.74) is 0. The molecule has 0 saturated carbocycles. The Balaban J connectivity index is 1.83. The van der Waals surface area contributed by atoms with Gasteiger partial charge in [-0.15, -0.1) is 0 Å². The highest BCUT2D eigenvalue weighted by atomic mass is 35.5. The Labute approximate surface area is 164 Å². The van der Waals surface area contributed by atoms with Crippen molar-refractivity contribution < 1.29 is 17.6 Å². The van der Waals surface area contributed by atoms with E-state index in [2.05, 4.69) is 4.98 Å². The average molecular weight is 412 g/mol. The molecule has 1 saturated heterocycles. The minimum Gasteiger partial charge on any atom is -0.468 e. The number of hydrogen-bond acceptors (Lipinski definition) is 5. The van der Waals surface area contributed by atoms with Crippen LogP contribution in [0.3, 0.4) is 0 Å². The van der Waals surface area contributed by atoms with E-state index in [9.17, 15) is 13.2 Å². The molecule has 146 valence electrons. The van der Waals surface area contributed by atoms with Gasteiger partial charge in [-0.1, -0.05) is 24.4 Å². The largest absolute Gasteiger partial charge is 0.468 e. The van der Waals surface area contributed by atoms with Gasteiger partial charge in [0.05, 0.1) is 19.4 Å². The second kappa shape index (κ2) is 8.86. The third-order valence-electron chi connectivity index (χ3n) is 4.52. The highest BCUT2D eigenvalue weighted by Crippen LogP contribution is 2.20. The lowest BCUT2D eigenvalue weighted by molar-refractivity contribution is -0.131. The van der Waals surface area contributed by atoms with E-state index < -0.39 is 10.0 Å². The minimum absolute atomic E-state index is 0.0119. The fraction of sp³-hybridized carbons (Fsp3) is 0.444. The molecule has 0 aromatic carbocycles. The van der Waals surface area contributed by atoms with E-state index in [1.807, 2.05) is 0 Å². The van der Waals surface area contributed by atoms with E-state index in [0.717, 1.165) is 30.0 Å². The first-order valence-electron chi connectivity index (χ1n) is 8.89. The van der Waals surface area contributed by atoms with Crippen LogP contribution in [0.4, 0.5) is 0 Å². The van der Waals surface area contributed by atoms with Crippen LogP contribution in [0, 0.1) is 0 Å². The second-order valence-corrected chi connectivity index (χ2v) is 8.79. The summed E-state index contributed by atoms with van der Waals surface area (Å²) in [6.45, 7) is 1.05. The number of pyridine rings is 1. The zero-order valence-electron chi connectivity index (χ0n) is 14.9. The van der Waals surface area contributed by atoms with Crippen molar-refractivity contribution in [2.45, 2.75) is 37.1 Å². The molecule has 0 atom stereocenters. The van der Waals surface area contributed by atoms with Crippen molar-refractivity contribution in [3.05, 3.63) is 47.6 Å². The van der Waals surface area contributed by atoms with Crippen molar-refractivity contribution in [2.75, 3.05) is 19.6 Å². The van der Waals surface area contributed by atoms with Crippen LogP contribution in [0.15, 0.2) is 46.0 Å². The molecule has 2 aromatic heterocycles. The average Bonchev–Trinajstić information content (AvgIpc) is 3.00. The normalized spacial score (nSPS) is 15.7. The van der Waals surface area contributed by atoms with Gasteiger partial charge in [-0.25, -0.2) is 13.4 Å². The smallest absolute Gasteiger partial charge is 0.245 e. The molecule has 0 spiro atoms. The second-order valence-electron chi connectivity index (χ2n) is 6.46. The summed E-state index contributed by atoms with van der Waals surface area (Å²) in [6.07, 6.45) is 6.74. The lowest BCUT2D eigenvalue weighted by atomic mass is 10.2. The Morgan fingerprint density at radius 3 is 2.52 bits per heavy atom. The van der Waals surface area contributed by atoms with E-state index in [1.54, 1.807) is 17.0 Å². The number of aromatic nitrogens is 1. The summed E-state index contributed by atoms with van der Waals surface area (Å²) in [4.78, 5) is 18.4. The first kappa shape index (κ1) is 19.9. The summed E-state index contributed by atoms with van der Waals surface area (Å²) in [6, 6.07) is 6.16. The molecule has 0 aliphatic carbocycles. The quantitative estimate of drug-likeness (QED) is 0.682. The molecule has 0 radical (unpaired) electrons. The van der Waals surface area contributed by atoms with Gasteiger partial charge in [0.1, 0.15) is 15.8 Å². The Morgan fingerprint density at radius 1 is 1.19 bits per heavy atom. The van der Waals surface area contributed by atoms with Gasteiger partial charge in [0.2, 0.25) is 15.9 Å². The molecule has 1 aliphatic rings. The molecule has 0 N–H and O–H groups in total. The maximum Gasteiger partial charge on any atom is 0.245 e. The monoisotopic (exact) mass is 411 g/mol. The minimum atomic E-state index is -3.93. The number of hydrogen-bond donors (Lipinski definition) is 0. The van der Waals surface area contributed by atoms with Crippen LogP contribution in [0.5, 0.6) is 0 Å². The number of rotatable bonds is 6. The Bertz CT molecular complexity index is 845. The van der Waals surface area contributed by atoms with Gasteiger partial charge >= 0.3 is 0 Å². The molecular formula is C18H22ClN3O4S. The van der Waals surface area contributed by atoms with Crippen molar-refractivity contribution in [1.29, 1.82) is 0 Å². The molecule has 1 amide bonds. The van der Waals surface area contributed by atoms with Crippen molar-refractivity contribution in [1.82, 2.24) is 14.2 Å². The Morgan fingerprint density at radius 2 is 1.93 bits per heavy atom. The van der Waals surface area contributed by atoms with E-state index in [0.29, 0.717) is 18.8 Å². The summed E-state index contributed by atoms with van der Waals surface area (Å²) in [5.74, 6) is 0.262. The predicted molar refractivity (Wildman–Crippen MR) is 101 cm³/mol. The maximum atomic E-state index is 13.1. The van der Waals surface area contributed by atoms with Crippen LogP contribution >= 0.6 is 11.6 Å². The van der Waals surface area contributed by atoms with Crippen molar-refractivity contribution in [3.63, 3.8) is 0 Å². The van der Waals surface area contributed by atoms with Gasteiger partial charge in [-0.05, 0) is 37.1 Å². The third-order valence-corrected chi connectivity index (χ3v) is 6.52. The topological polar surface area (TPSA) is 83.7 Å². The van der Waals surface area contributed by atoms with E-state index >= 15 is 0 Å². The SMILES string of the molecule is O=C(CN(Cc1ccco1)S(=O)(=O)c1ccc(Cl)nc1)N1CCCCCC1. The third kappa shape index (κ3) is 5.09. The van der Waals surface area contributed by atoms with Crippen molar-refractivity contribution >= 4 is 27.5 Å². The molecule has 0 bridgehead atoms. The molecule has 7 nitrogen and oxygen atoms in total. The predicted octanol–water partition coefficient (Wildman–Crippen LogP) is 2.92. The van der Waals surface area contributed by atoms with E-state index in [1.165, 1.54) is 24.6 Å². The highest BCUT2D eigenvalue weighted by molar-refractivity contribution is 7.89. The number of carbonyl (C=O) groups excluding carboxylic acids is 1. The zero-order chi connectivity index (χ0) is 19.3. The summed E-state index contributed by atoms with van der Waals surface area (Å²) in [5, 5.41) is 0.201. The van der Waals surface area contributed by atoms with Gasteiger partial charge < -0.3 is 9.32 Å². The lowest BCUT2D eigenvalue weighted by Crippen LogP contribution is -2.43. The number of carbonyl (C=O) groups is 1. The van der Waals surface area contributed by atoms with Gasteiger partial charge in [0, 0.05) is 19.3 Å². The van der Waals surface area contributed by atoms with Crippen LogP contribution in [-0.2, 0) is 21.4 Å². The standard InChI is InChI=1S/C18H22ClN3O4S/c19-17-8-7-16(12-20-17)27(24,25)22(13-15-6-5-11-26-15)14-18(23)21-9-3-1-2-4-10-21/h5-8,11-12H,1-4,9-10,13-14H2. The fourth-order valence-corrected chi connectivity index (χ4v) is 4.45. The number of likely N-dealkylation sites (tertiary alicyclic amines) is 1. The summed E-state index contributed by atoms with van der Waals surface area (Å²) in [7, 11) is -3.93. The number of amides is 1. The van der Waals surface area contributed by atoms with Crippen LogP contribution in [-0.4, -0.2) is 48.1 Å². The fourth-order valence-electron chi connectivity index (χ4n) is 3.04. The molecule has 1 fully saturated rings. The van der Waals surface area contributed by atoms with Crippen LogP contribution < -0.4 is 0 Å². The van der Waals surface area contributed by atoms with E-state index in [-0.39, 0.29) is 29.0 Å². The van der Waals surface area contributed by atoms with Gasteiger partial charge in [0.25, 0.3) is 0 Å². The molecule has 2 aromatic rings. The molecule has 0 unspecified atom stereocenters.